The number of para-hydroxylation sites is 3. The molecule has 0 unspecified atom stereocenters. The molecule has 0 aliphatic carbocycles. The Balaban J connectivity index is 1.35. The van der Waals surface area contributed by atoms with Gasteiger partial charge in [0.2, 0.25) is 0 Å². The third-order valence-electron chi connectivity index (χ3n) is 9.72. The van der Waals surface area contributed by atoms with Gasteiger partial charge in [-0.05, 0) is 70.7 Å². The minimum atomic E-state index is 0.886. The van der Waals surface area contributed by atoms with Gasteiger partial charge in [-0.3, -0.25) is 0 Å². The third kappa shape index (κ3) is 3.57. The molecule has 2 nitrogen and oxygen atoms in total. The predicted octanol–water partition coefficient (Wildman–Crippen LogP) is 9.72. The summed E-state index contributed by atoms with van der Waals surface area (Å²) in [7, 11) is 0.886. The number of thiophene rings is 1. The van der Waals surface area contributed by atoms with Gasteiger partial charge in [0.1, 0.15) is 0 Å². The molecule has 0 amide bonds. The summed E-state index contributed by atoms with van der Waals surface area (Å²) in [6.07, 6.45) is 0. The summed E-state index contributed by atoms with van der Waals surface area (Å²) < 4.78 is 5.16. The number of aromatic nitrogens is 1. The lowest BCUT2D eigenvalue weighted by Gasteiger charge is -2.26. The topological polar surface area (TPSA) is 17.0 Å². The molecule has 1 aliphatic heterocycles. The molecule has 45 heavy (non-hydrogen) atoms. The number of anilines is 2. The number of nitrogens with zero attached hydrogens (tertiary/aromatic N) is 1. The summed E-state index contributed by atoms with van der Waals surface area (Å²) in [6, 6.07) is 49.3. The van der Waals surface area contributed by atoms with E-state index in [1.54, 1.807) is 0 Å². The number of nitrogens with one attached hydrogen (secondary N) is 1. The molecular weight excluding hydrogens is 563 g/mol. The van der Waals surface area contributed by atoms with E-state index in [0.29, 0.717) is 0 Å². The number of aryl methyl sites for hydroxylation is 1. The Bertz CT molecular complexity index is 2680. The first-order valence-corrected chi connectivity index (χ1v) is 16.4. The Hall–Kier alpha value is -5.32. The first kappa shape index (κ1) is 25.1. The van der Waals surface area contributed by atoms with Crippen LogP contribution in [-0.2, 0) is 0 Å². The zero-order valence-electron chi connectivity index (χ0n) is 24.8. The lowest BCUT2D eigenvalue weighted by atomic mass is 9.58. The van der Waals surface area contributed by atoms with Crippen molar-refractivity contribution in [1.29, 1.82) is 0 Å². The molecule has 1 N–H and O–H groups in total. The van der Waals surface area contributed by atoms with Crippen molar-refractivity contribution >= 4 is 93.7 Å². The van der Waals surface area contributed by atoms with Gasteiger partial charge in [-0.1, -0.05) is 103 Å². The fraction of sp³-hybridized carbons (Fsp3) is 0.0244. The van der Waals surface area contributed by atoms with Crippen LogP contribution in [0.4, 0.5) is 11.4 Å². The van der Waals surface area contributed by atoms with Crippen LogP contribution in [0.5, 0.6) is 0 Å². The van der Waals surface area contributed by atoms with Gasteiger partial charge in [-0.25, -0.2) is 0 Å². The van der Waals surface area contributed by atoms with Crippen LogP contribution in [0, 0.1) is 6.92 Å². The molecule has 210 valence electrons. The largest absolute Gasteiger partial charge is 0.355 e. The van der Waals surface area contributed by atoms with Crippen molar-refractivity contribution in [3.8, 4) is 16.8 Å². The van der Waals surface area contributed by atoms with Gasteiger partial charge in [0.05, 0.1) is 5.52 Å². The van der Waals surface area contributed by atoms with Gasteiger partial charge < -0.3 is 9.88 Å². The molecule has 0 fully saturated rings. The molecule has 9 aromatic rings. The molecule has 0 atom stereocenters. The SMILES string of the molecule is Cc1ccccc1Nc1cc2c(cc1-c1c3c(cc4ccccc14)-n1c4ccccc4c4cccc(c41)B3)sc1ccccc12. The monoisotopic (exact) mass is 590 g/mol. The number of hydrogen-bond donors (Lipinski definition) is 1. The van der Waals surface area contributed by atoms with Crippen molar-refractivity contribution < 1.29 is 0 Å². The highest BCUT2D eigenvalue weighted by molar-refractivity contribution is 7.25. The van der Waals surface area contributed by atoms with E-state index in [1.807, 2.05) is 11.3 Å². The van der Waals surface area contributed by atoms with Crippen LogP contribution in [0.3, 0.4) is 0 Å². The molecule has 0 radical (unpaired) electrons. The molecule has 2 aromatic heterocycles. The van der Waals surface area contributed by atoms with Crippen LogP contribution < -0.4 is 16.2 Å². The molecule has 0 bridgehead atoms. The van der Waals surface area contributed by atoms with Crippen molar-refractivity contribution in [2.75, 3.05) is 5.32 Å². The predicted molar refractivity (Wildman–Crippen MR) is 197 cm³/mol. The molecule has 0 saturated heterocycles. The fourth-order valence-electron chi connectivity index (χ4n) is 7.67. The molecule has 10 rings (SSSR count). The van der Waals surface area contributed by atoms with E-state index < -0.39 is 0 Å². The average molecular weight is 591 g/mol. The number of hydrogen-bond acceptors (Lipinski definition) is 2. The highest BCUT2D eigenvalue weighted by atomic mass is 32.1. The van der Waals surface area contributed by atoms with E-state index in [2.05, 4.69) is 150 Å². The maximum atomic E-state index is 3.92. The zero-order valence-corrected chi connectivity index (χ0v) is 25.6. The molecular formula is C41H27BN2S. The summed E-state index contributed by atoms with van der Waals surface area (Å²) in [5.41, 5.74) is 12.7. The van der Waals surface area contributed by atoms with Gasteiger partial charge in [-0.2, -0.15) is 0 Å². The third-order valence-corrected chi connectivity index (χ3v) is 10.9. The summed E-state index contributed by atoms with van der Waals surface area (Å²) >= 11 is 1.89. The first-order valence-electron chi connectivity index (χ1n) is 15.6. The van der Waals surface area contributed by atoms with Crippen molar-refractivity contribution in [2.24, 2.45) is 0 Å². The van der Waals surface area contributed by atoms with Crippen molar-refractivity contribution in [1.82, 2.24) is 4.57 Å². The number of benzene rings is 7. The lowest BCUT2D eigenvalue weighted by Crippen LogP contribution is -2.37. The van der Waals surface area contributed by atoms with E-state index in [9.17, 15) is 0 Å². The van der Waals surface area contributed by atoms with E-state index in [-0.39, 0.29) is 0 Å². The van der Waals surface area contributed by atoms with Crippen LogP contribution in [0.25, 0.3) is 69.6 Å². The molecule has 4 heteroatoms. The van der Waals surface area contributed by atoms with E-state index in [1.165, 1.54) is 86.1 Å². The smallest absolute Gasteiger partial charge is 0.198 e. The zero-order chi connectivity index (χ0) is 29.6. The summed E-state index contributed by atoms with van der Waals surface area (Å²) in [5, 5.41) is 11.7. The average Bonchev–Trinajstić information content (AvgIpc) is 3.61. The van der Waals surface area contributed by atoms with E-state index in [4.69, 9.17) is 0 Å². The highest BCUT2D eigenvalue weighted by Crippen LogP contribution is 2.44. The van der Waals surface area contributed by atoms with E-state index in [0.717, 1.165) is 18.7 Å². The Morgan fingerprint density at radius 3 is 2.27 bits per heavy atom. The maximum Gasteiger partial charge on any atom is 0.198 e. The van der Waals surface area contributed by atoms with Crippen molar-refractivity contribution in [3.63, 3.8) is 0 Å². The molecule has 1 aliphatic rings. The van der Waals surface area contributed by atoms with E-state index >= 15 is 0 Å². The van der Waals surface area contributed by atoms with Crippen LogP contribution in [0.2, 0.25) is 0 Å². The summed E-state index contributed by atoms with van der Waals surface area (Å²) in [5.74, 6) is 0. The molecule has 0 spiro atoms. The van der Waals surface area contributed by atoms with Gasteiger partial charge in [-0.15, -0.1) is 11.3 Å². The van der Waals surface area contributed by atoms with Crippen molar-refractivity contribution in [3.05, 3.63) is 139 Å². The van der Waals surface area contributed by atoms with Crippen LogP contribution in [0.1, 0.15) is 5.56 Å². The van der Waals surface area contributed by atoms with Gasteiger partial charge in [0.25, 0.3) is 0 Å². The second-order valence-corrected chi connectivity index (χ2v) is 13.3. The Morgan fingerprint density at radius 2 is 1.36 bits per heavy atom. The second kappa shape index (κ2) is 9.34. The standard InChI is InChI=1S/C41H27BN2S/c1-24-11-2-7-18-33(24)43-34-22-30-28-15-6-9-20-37(28)45-38(30)23-31(34)39-26-13-4-3-12-25(26)21-36-40(39)42-32-17-10-16-29-27-14-5-8-19-35(27)44(36)41(29)32/h2-23,42-43H,1H3. The van der Waals surface area contributed by atoms with Crippen LogP contribution >= 0.6 is 11.3 Å². The van der Waals surface area contributed by atoms with Crippen LogP contribution in [-0.4, -0.2) is 11.8 Å². The Morgan fingerprint density at radius 1 is 0.600 bits per heavy atom. The Kier molecular flexibility index (Phi) is 5.20. The summed E-state index contributed by atoms with van der Waals surface area (Å²) in [6.45, 7) is 2.18. The minimum absolute atomic E-state index is 0.886. The fourth-order valence-corrected chi connectivity index (χ4v) is 8.80. The molecule has 7 aromatic carbocycles. The highest BCUT2D eigenvalue weighted by Gasteiger charge is 2.28. The van der Waals surface area contributed by atoms with Gasteiger partial charge in [0.15, 0.2) is 7.28 Å². The van der Waals surface area contributed by atoms with Gasteiger partial charge >= 0.3 is 0 Å². The molecule has 3 heterocycles. The maximum absolute atomic E-state index is 3.92. The quantitative estimate of drug-likeness (QED) is 0.203. The lowest BCUT2D eigenvalue weighted by molar-refractivity contribution is 1.20. The second-order valence-electron chi connectivity index (χ2n) is 12.2. The number of fused-ring (bicyclic) bond motifs is 9. The minimum Gasteiger partial charge on any atom is -0.355 e. The van der Waals surface area contributed by atoms with Crippen molar-refractivity contribution in [2.45, 2.75) is 6.92 Å². The van der Waals surface area contributed by atoms with Gasteiger partial charge in [0, 0.05) is 59.1 Å². The molecule has 0 saturated carbocycles. The Labute approximate surface area is 265 Å². The van der Waals surface area contributed by atoms with Crippen LogP contribution in [0.15, 0.2) is 133 Å². The summed E-state index contributed by atoms with van der Waals surface area (Å²) in [4.78, 5) is 0. The number of rotatable bonds is 3. The first-order chi connectivity index (χ1) is 22.2. The normalized spacial score (nSPS) is 12.3.